The minimum atomic E-state index is -0.616. The van der Waals surface area contributed by atoms with E-state index in [1.807, 2.05) is 36.4 Å². The molecule has 5 heteroatoms. The molecule has 0 bridgehead atoms. The predicted octanol–water partition coefficient (Wildman–Crippen LogP) is 3.95. The van der Waals surface area contributed by atoms with E-state index in [1.165, 1.54) is 0 Å². The van der Waals surface area contributed by atoms with Crippen molar-refractivity contribution in [2.45, 2.75) is 26.9 Å². The molecule has 0 radical (unpaired) electrons. The van der Waals surface area contributed by atoms with Gasteiger partial charge in [-0.2, -0.15) is 0 Å². The smallest absolute Gasteiger partial charge is 0.265 e. The van der Waals surface area contributed by atoms with Crippen LogP contribution in [0.4, 0.5) is 11.4 Å². The lowest BCUT2D eigenvalue weighted by Crippen LogP contribution is -2.30. The second-order valence-corrected chi connectivity index (χ2v) is 5.65. The number of rotatable bonds is 8. The Hall–Kier alpha value is -2.69. The van der Waals surface area contributed by atoms with Crippen LogP contribution in [-0.2, 0) is 4.79 Å². The van der Waals surface area contributed by atoms with Gasteiger partial charge in [0.15, 0.2) is 6.10 Å². The van der Waals surface area contributed by atoms with Gasteiger partial charge >= 0.3 is 0 Å². The summed E-state index contributed by atoms with van der Waals surface area (Å²) in [6.45, 7) is 7.87. The molecule has 0 saturated carbocycles. The summed E-state index contributed by atoms with van der Waals surface area (Å²) in [5.41, 5.74) is 1.89. The molecular weight excluding hydrogens is 316 g/mol. The van der Waals surface area contributed by atoms with E-state index in [9.17, 15) is 4.79 Å². The average molecular weight is 342 g/mol. The summed E-state index contributed by atoms with van der Waals surface area (Å²) in [6.07, 6.45) is -0.616. The summed E-state index contributed by atoms with van der Waals surface area (Å²) in [7, 11) is 1.59. The van der Waals surface area contributed by atoms with Crippen molar-refractivity contribution >= 4 is 17.3 Å². The third kappa shape index (κ3) is 5.14. The van der Waals surface area contributed by atoms with Gasteiger partial charge in [-0.25, -0.2) is 0 Å². The van der Waals surface area contributed by atoms with E-state index in [-0.39, 0.29) is 5.91 Å². The number of carbonyl (C=O) groups excluding carboxylic acids is 1. The Morgan fingerprint density at radius 1 is 1.08 bits per heavy atom. The number of amides is 1. The molecule has 1 N–H and O–H groups in total. The van der Waals surface area contributed by atoms with E-state index >= 15 is 0 Å². The number of ether oxygens (including phenoxy) is 2. The maximum atomic E-state index is 12.3. The Morgan fingerprint density at radius 3 is 2.32 bits per heavy atom. The predicted molar refractivity (Wildman–Crippen MR) is 102 cm³/mol. The van der Waals surface area contributed by atoms with Gasteiger partial charge in [0.1, 0.15) is 11.5 Å². The van der Waals surface area contributed by atoms with Crippen molar-refractivity contribution in [3.63, 3.8) is 0 Å². The lowest BCUT2D eigenvalue weighted by Gasteiger charge is -2.21. The lowest BCUT2D eigenvalue weighted by molar-refractivity contribution is -0.122. The Morgan fingerprint density at radius 2 is 1.72 bits per heavy atom. The van der Waals surface area contributed by atoms with E-state index in [1.54, 1.807) is 26.2 Å². The molecule has 1 amide bonds. The van der Waals surface area contributed by atoms with Gasteiger partial charge in [0.25, 0.3) is 5.91 Å². The number of hydrogen-bond acceptors (Lipinski definition) is 4. The molecule has 0 fully saturated rings. The molecule has 0 heterocycles. The van der Waals surface area contributed by atoms with E-state index in [0.29, 0.717) is 11.5 Å². The highest BCUT2D eigenvalue weighted by molar-refractivity contribution is 5.94. The first kappa shape index (κ1) is 18.6. The zero-order valence-electron chi connectivity index (χ0n) is 15.3. The molecule has 1 atom stereocenters. The van der Waals surface area contributed by atoms with Crippen LogP contribution in [0.15, 0.2) is 48.5 Å². The maximum absolute atomic E-state index is 12.3. The summed E-state index contributed by atoms with van der Waals surface area (Å²) < 4.78 is 10.8. The van der Waals surface area contributed by atoms with Crippen LogP contribution in [0.5, 0.6) is 11.5 Å². The molecule has 25 heavy (non-hydrogen) atoms. The van der Waals surface area contributed by atoms with E-state index in [2.05, 4.69) is 24.1 Å². The number of hydrogen-bond donors (Lipinski definition) is 1. The quantitative estimate of drug-likeness (QED) is 0.789. The fourth-order valence-electron chi connectivity index (χ4n) is 2.52. The minimum absolute atomic E-state index is 0.196. The molecule has 0 spiro atoms. The average Bonchev–Trinajstić information content (AvgIpc) is 2.64. The third-order valence-electron chi connectivity index (χ3n) is 3.99. The topological polar surface area (TPSA) is 50.8 Å². The minimum Gasteiger partial charge on any atom is -0.497 e. The van der Waals surface area contributed by atoms with Crippen LogP contribution in [-0.4, -0.2) is 32.2 Å². The first-order valence-electron chi connectivity index (χ1n) is 8.54. The van der Waals surface area contributed by atoms with Crippen molar-refractivity contribution in [3.05, 3.63) is 48.5 Å². The lowest BCUT2D eigenvalue weighted by atomic mass is 10.2. The molecule has 2 aromatic rings. The SMILES string of the molecule is CCN(CC)c1ccc(NC(=O)C(C)Oc2cccc(OC)c2)cc1. The fourth-order valence-corrected chi connectivity index (χ4v) is 2.52. The molecular formula is C20H26N2O3. The zero-order valence-corrected chi connectivity index (χ0v) is 15.3. The molecule has 0 aliphatic rings. The van der Waals surface area contributed by atoms with Gasteiger partial charge in [-0.15, -0.1) is 0 Å². The van der Waals surface area contributed by atoms with Crippen molar-refractivity contribution in [1.82, 2.24) is 0 Å². The molecule has 2 rings (SSSR count). The van der Waals surface area contributed by atoms with Gasteiger partial charge in [-0.3, -0.25) is 4.79 Å². The van der Waals surface area contributed by atoms with Crippen molar-refractivity contribution in [1.29, 1.82) is 0 Å². The van der Waals surface area contributed by atoms with Gasteiger partial charge in [-0.05, 0) is 57.2 Å². The molecule has 2 aromatic carbocycles. The number of nitrogens with zero attached hydrogens (tertiary/aromatic N) is 1. The van der Waals surface area contributed by atoms with Crippen LogP contribution < -0.4 is 19.7 Å². The van der Waals surface area contributed by atoms with Gasteiger partial charge in [0.2, 0.25) is 0 Å². The normalized spacial score (nSPS) is 11.5. The standard InChI is InChI=1S/C20H26N2O3/c1-5-22(6-2)17-12-10-16(11-13-17)21-20(23)15(3)25-19-9-7-8-18(14-19)24-4/h7-15H,5-6H2,1-4H3,(H,21,23). The first-order chi connectivity index (χ1) is 12.1. The van der Waals surface area contributed by atoms with Crippen LogP contribution in [0.25, 0.3) is 0 Å². The maximum Gasteiger partial charge on any atom is 0.265 e. The van der Waals surface area contributed by atoms with Crippen molar-refractivity contribution in [2.75, 3.05) is 30.4 Å². The number of benzene rings is 2. The third-order valence-corrected chi connectivity index (χ3v) is 3.99. The van der Waals surface area contributed by atoms with Gasteiger partial charge in [-0.1, -0.05) is 6.07 Å². The van der Waals surface area contributed by atoms with Gasteiger partial charge < -0.3 is 19.7 Å². The molecule has 5 nitrogen and oxygen atoms in total. The second kappa shape index (κ2) is 8.97. The largest absolute Gasteiger partial charge is 0.497 e. The number of anilines is 2. The van der Waals surface area contributed by atoms with Crippen LogP contribution in [0.1, 0.15) is 20.8 Å². The first-order valence-corrected chi connectivity index (χ1v) is 8.54. The zero-order chi connectivity index (χ0) is 18.2. The fraction of sp³-hybridized carbons (Fsp3) is 0.350. The van der Waals surface area contributed by atoms with Crippen LogP contribution in [0.2, 0.25) is 0 Å². The Balaban J connectivity index is 1.96. The van der Waals surface area contributed by atoms with Gasteiger partial charge in [0, 0.05) is 30.5 Å². The molecule has 0 aliphatic heterocycles. The Labute approximate surface area is 149 Å². The molecule has 134 valence electrons. The Kier molecular flexibility index (Phi) is 6.69. The highest BCUT2D eigenvalue weighted by Crippen LogP contribution is 2.21. The molecule has 0 aliphatic carbocycles. The van der Waals surface area contributed by atoms with Crippen molar-refractivity contribution < 1.29 is 14.3 Å². The molecule has 0 saturated heterocycles. The number of nitrogens with one attached hydrogen (secondary N) is 1. The van der Waals surface area contributed by atoms with Crippen molar-refractivity contribution in [3.8, 4) is 11.5 Å². The van der Waals surface area contributed by atoms with E-state index in [0.717, 1.165) is 24.5 Å². The van der Waals surface area contributed by atoms with Gasteiger partial charge in [0.05, 0.1) is 7.11 Å². The monoisotopic (exact) mass is 342 g/mol. The molecule has 1 unspecified atom stereocenters. The van der Waals surface area contributed by atoms with Crippen LogP contribution >= 0.6 is 0 Å². The molecule has 0 aromatic heterocycles. The summed E-state index contributed by atoms with van der Waals surface area (Å²) in [4.78, 5) is 14.6. The summed E-state index contributed by atoms with van der Waals surface area (Å²) in [5, 5.41) is 2.88. The summed E-state index contributed by atoms with van der Waals surface area (Å²) >= 11 is 0. The van der Waals surface area contributed by atoms with Crippen LogP contribution in [0, 0.1) is 0 Å². The van der Waals surface area contributed by atoms with E-state index < -0.39 is 6.10 Å². The number of methoxy groups -OCH3 is 1. The second-order valence-electron chi connectivity index (χ2n) is 5.65. The summed E-state index contributed by atoms with van der Waals surface area (Å²) in [5.74, 6) is 1.09. The summed E-state index contributed by atoms with van der Waals surface area (Å²) in [6, 6.07) is 15.0. The Bertz CT molecular complexity index is 682. The van der Waals surface area contributed by atoms with Crippen molar-refractivity contribution in [2.24, 2.45) is 0 Å². The highest BCUT2D eigenvalue weighted by atomic mass is 16.5. The van der Waals surface area contributed by atoms with Crippen LogP contribution in [0.3, 0.4) is 0 Å². The van der Waals surface area contributed by atoms with E-state index in [4.69, 9.17) is 9.47 Å². The highest BCUT2D eigenvalue weighted by Gasteiger charge is 2.15. The number of carbonyl (C=O) groups is 1.